The minimum atomic E-state index is -3.79. The fraction of sp³-hybridized carbons (Fsp3) is 0.300. The summed E-state index contributed by atoms with van der Waals surface area (Å²) >= 11 is 4.53. The summed E-state index contributed by atoms with van der Waals surface area (Å²) < 4.78 is 88.1. The van der Waals surface area contributed by atoms with Gasteiger partial charge in [0.1, 0.15) is 15.0 Å². The first-order valence-electron chi connectivity index (χ1n) is 26.8. The molecule has 3 aliphatic carbocycles. The molecule has 0 unspecified atom stereocenters. The molecular weight excluding hydrogens is 1130 g/mol. The van der Waals surface area contributed by atoms with Gasteiger partial charge in [-0.1, -0.05) is 93.1 Å². The Bertz CT molecular complexity index is 3850. The molecule has 0 saturated heterocycles. The molecule has 80 heavy (non-hydrogen) atoms. The monoisotopic (exact) mass is 1190 g/mol. The maximum Gasteiger partial charge on any atom is 0.269 e. The fourth-order valence-corrected chi connectivity index (χ4v) is 17.6. The van der Waals surface area contributed by atoms with Gasteiger partial charge >= 0.3 is 0 Å². The van der Waals surface area contributed by atoms with Gasteiger partial charge in [-0.15, -0.1) is 34.0 Å². The van der Waals surface area contributed by atoms with E-state index in [4.69, 9.17) is 0 Å². The summed E-state index contributed by atoms with van der Waals surface area (Å²) in [4.78, 5) is 13.0. The number of non-ortho nitro benzene ring substituents is 1. The van der Waals surface area contributed by atoms with E-state index in [1.54, 1.807) is 67.7 Å². The minimum Gasteiger partial charge on any atom is -0.388 e. The number of rotatable bonds is 21. The quantitative estimate of drug-likeness (QED) is 0.0539. The number of nitro benzene ring substituents is 1. The molecule has 0 atom stereocenters. The van der Waals surface area contributed by atoms with Crippen molar-refractivity contribution >= 4 is 126 Å². The van der Waals surface area contributed by atoms with E-state index in [0.717, 1.165) is 83.7 Å². The lowest BCUT2D eigenvalue weighted by Crippen LogP contribution is -2.31. The van der Waals surface area contributed by atoms with Crippen molar-refractivity contribution in [2.24, 2.45) is 17.8 Å². The third-order valence-electron chi connectivity index (χ3n) is 14.6. The Morgan fingerprint density at radius 1 is 0.475 bits per heavy atom. The van der Waals surface area contributed by atoms with E-state index in [-0.39, 0.29) is 10.6 Å². The molecule has 6 aromatic carbocycles. The topological polar surface area (TPSA) is 171 Å². The predicted molar refractivity (Wildman–Crippen MR) is 331 cm³/mol. The van der Waals surface area contributed by atoms with Crippen molar-refractivity contribution in [3.05, 3.63) is 174 Å². The molecule has 9 aromatic rings. The van der Waals surface area contributed by atoms with Crippen LogP contribution in [0.5, 0.6) is 0 Å². The molecule has 0 radical (unpaired) electrons. The Labute approximate surface area is 481 Å². The third-order valence-corrected chi connectivity index (χ3v) is 23.8. The Kier molecular flexibility index (Phi) is 17.2. The largest absolute Gasteiger partial charge is 0.388 e. The van der Waals surface area contributed by atoms with Crippen molar-refractivity contribution in [2.75, 3.05) is 63.9 Å². The smallest absolute Gasteiger partial charge is 0.269 e. The second-order valence-electron chi connectivity index (χ2n) is 20.7. The van der Waals surface area contributed by atoms with Crippen molar-refractivity contribution in [3.8, 4) is 0 Å². The summed E-state index contributed by atoms with van der Waals surface area (Å²) in [5.74, 6) is 1.94. The molecule has 0 bridgehead atoms. The lowest BCUT2D eigenvalue weighted by molar-refractivity contribution is -0.384. The van der Waals surface area contributed by atoms with Crippen LogP contribution in [0.15, 0.2) is 178 Å². The van der Waals surface area contributed by atoms with Crippen LogP contribution >= 0.6 is 34.0 Å². The van der Waals surface area contributed by atoms with Gasteiger partial charge in [-0.25, -0.2) is 25.3 Å². The Balaban J connectivity index is 0.000000135. The van der Waals surface area contributed by atoms with E-state index < -0.39 is 35.0 Å². The SMILES string of the molecule is CN(C)c1ccc(S(=O)(=O)N(CCC2CC2)c2cc3ccccc3s2)cc1.CNc1ccc(S(=O)(=O)N(CCC2CC2)c2cc3ccccc3s2)cc1.O=[N+]([O-])c1ccc(S(=O)(=O)N(CCC2CC2)c2cc3ccccc3s2)cc1. The number of nitro groups is 1. The van der Waals surface area contributed by atoms with Crippen LogP contribution in [0.4, 0.5) is 32.1 Å². The van der Waals surface area contributed by atoms with Crippen LogP contribution in [0.25, 0.3) is 30.3 Å². The summed E-state index contributed by atoms with van der Waals surface area (Å²) in [6.07, 6.45) is 9.84. The molecule has 0 spiro atoms. The average Bonchev–Trinajstić information content (AvgIpc) is 4.52. The van der Waals surface area contributed by atoms with Crippen LogP contribution < -0.4 is 23.1 Å². The number of anilines is 5. The van der Waals surface area contributed by atoms with Gasteiger partial charge < -0.3 is 10.2 Å². The highest BCUT2D eigenvalue weighted by Gasteiger charge is 2.33. The lowest BCUT2D eigenvalue weighted by Gasteiger charge is -2.23. The minimum absolute atomic E-state index is 0.0707. The molecule has 3 heterocycles. The Morgan fingerprint density at radius 2 is 0.787 bits per heavy atom. The number of sulfonamides is 3. The van der Waals surface area contributed by atoms with Crippen LogP contribution in [-0.4, -0.2) is 71.0 Å². The fourth-order valence-electron chi connectivity index (χ4n) is 9.27. The normalized spacial score (nSPS) is 14.4. The van der Waals surface area contributed by atoms with E-state index >= 15 is 0 Å². The summed E-state index contributed by atoms with van der Waals surface area (Å²) in [6.45, 7) is 1.49. The molecule has 418 valence electrons. The molecule has 0 amide bonds. The first kappa shape index (κ1) is 56.7. The average molecular weight is 1190 g/mol. The summed E-state index contributed by atoms with van der Waals surface area (Å²) in [7, 11) is -5.24. The van der Waals surface area contributed by atoms with E-state index in [2.05, 4.69) is 5.32 Å². The number of benzene rings is 6. The Morgan fingerprint density at radius 3 is 1.07 bits per heavy atom. The highest BCUT2D eigenvalue weighted by Crippen LogP contribution is 2.42. The van der Waals surface area contributed by atoms with Gasteiger partial charge in [-0.3, -0.25) is 23.0 Å². The summed E-state index contributed by atoms with van der Waals surface area (Å²) in [5.41, 5.74) is 1.76. The molecule has 3 fully saturated rings. The van der Waals surface area contributed by atoms with Crippen LogP contribution in [0.2, 0.25) is 0 Å². The van der Waals surface area contributed by atoms with Gasteiger partial charge in [0.05, 0.1) is 19.6 Å². The third kappa shape index (κ3) is 13.4. The maximum atomic E-state index is 13.4. The van der Waals surface area contributed by atoms with Crippen LogP contribution in [-0.2, 0) is 30.1 Å². The molecule has 0 aliphatic heterocycles. The summed E-state index contributed by atoms with van der Waals surface area (Å²) in [5, 5.41) is 19.3. The number of hydrogen-bond donors (Lipinski definition) is 1. The second-order valence-corrected chi connectivity index (χ2v) is 29.5. The zero-order chi connectivity index (χ0) is 56.2. The van der Waals surface area contributed by atoms with E-state index in [1.807, 2.05) is 129 Å². The zero-order valence-electron chi connectivity index (χ0n) is 44.8. The van der Waals surface area contributed by atoms with Crippen LogP contribution in [0.1, 0.15) is 57.8 Å². The Hall–Kier alpha value is -6.55. The van der Waals surface area contributed by atoms with Gasteiger partial charge in [0.15, 0.2) is 0 Å². The van der Waals surface area contributed by atoms with Crippen LogP contribution in [0.3, 0.4) is 0 Å². The maximum absolute atomic E-state index is 13.4. The van der Waals surface area contributed by atoms with Gasteiger partial charge in [-0.05, 0) is 150 Å². The number of thiophene rings is 3. The standard InChI is InChI=1S/C21H24N2O2S2.C20H22N2O2S2.C19H18N2O4S2/c1-22(2)18-9-11-19(12-10-18)27(24,25)23(14-13-16-7-8-16)21-15-17-5-3-4-6-20(17)26-21;1-21-17-8-10-18(11-9-17)26(23,24)22(13-12-15-6-7-15)20-14-16-4-2-3-5-19(16)25-20;22-21(23)16-7-9-17(10-8-16)27(24,25)20(12-11-14-5-6-14)19-13-15-3-1-2-4-18(15)26-19/h3-6,9-12,15-16H,7-8,13-14H2,1-2H3;2-5,8-11,14-15,21H,6-7,12-13H2,1H3;1-4,7-10,13-14H,5-6,11-12H2. The molecule has 14 nitrogen and oxygen atoms in total. The zero-order valence-corrected chi connectivity index (χ0v) is 49.7. The highest BCUT2D eigenvalue weighted by atomic mass is 32.2. The van der Waals surface area contributed by atoms with Gasteiger partial charge in [0.25, 0.3) is 35.8 Å². The van der Waals surface area contributed by atoms with Crippen molar-refractivity contribution < 1.29 is 30.2 Å². The van der Waals surface area contributed by atoms with E-state index in [1.165, 1.54) is 65.6 Å². The van der Waals surface area contributed by atoms with Crippen molar-refractivity contribution in [2.45, 2.75) is 72.5 Å². The van der Waals surface area contributed by atoms with Gasteiger partial charge in [0.2, 0.25) is 0 Å². The molecule has 3 saturated carbocycles. The number of hydrogen-bond acceptors (Lipinski definition) is 13. The predicted octanol–water partition coefficient (Wildman–Crippen LogP) is 14.7. The molecule has 20 heteroatoms. The number of nitrogens with one attached hydrogen (secondary N) is 1. The summed E-state index contributed by atoms with van der Waals surface area (Å²) in [6, 6.07) is 49.0. The van der Waals surface area contributed by atoms with Crippen LogP contribution in [0, 0.1) is 27.9 Å². The molecule has 3 aromatic heterocycles. The molecule has 3 aliphatic rings. The first-order chi connectivity index (χ1) is 38.5. The van der Waals surface area contributed by atoms with Crippen molar-refractivity contribution in [3.63, 3.8) is 0 Å². The molecule has 1 N–H and O–H groups in total. The van der Waals surface area contributed by atoms with E-state index in [9.17, 15) is 35.4 Å². The molecular formula is C60H64N6O8S6. The van der Waals surface area contributed by atoms with Crippen molar-refractivity contribution in [1.82, 2.24) is 0 Å². The highest BCUT2D eigenvalue weighted by molar-refractivity contribution is 7.93. The first-order valence-corrected chi connectivity index (χ1v) is 33.6. The number of nitrogens with zero attached hydrogens (tertiary/aromatic N) is 5. The number of fused-ring (bicyclic) bond motifs is 3. The lowest BCUT2D eigenvalue weighted by atomic mass is 10.2. The molecule has 12 rings (SSSR count). The van der Waals surface area contributed by atoms with Gasteiger partial charge in [0, 0.05) is 78.4 Å². The van der Waals surface area contributed by atoms with E-state index in [0.29, 0.717) is 52.2 Å². The second kappa shape index (κ2) is 24.3. The van der Waals surface area contributed by atoms with Gasteiger partial charge in [-0.2, -0.15) is 0 Å². The van der Waals surface area contributed by atoms with Crippen molar-refractivity contribution in [1.29, 1.82) is 0 Å².